The Hall–Kier alpha value is -1.75. The van der Waals surface area contributed by atoms with E-state index in [0.717, 1.165) is 17.7 Å². The van der Waals surface area contributed by atoms with Gasteiger partial charge >= 0.3 is 0 Å². The number of rotatable bonds is 5. The number of ether oxygens (including phenoxy) is 1. The minimum absolute atomic E-state index is 0.177. The van der Waals surface area contributed by atoms with Crippen molar-refractivity contribution < 1.29 is 9.13 Å². The van der Waals surface area contributed by atoms with Gasteiger partial charge in [-0.15, -0.1) is 5.10 Å². The highest BCUT2D eigenvalue weighted by atomic mass is 19.1. The SMILES string of the molecule is CCC(COC)n1cc(-c2ccc(F)cc2)nn1. The van der Waals surface area contributed by atoms with Gasteiger partial charge in [0.15, 0.2) is 0 Å². The van der Waals surface area contributed by atoms with Crippen LogP contribution in [0.1, 0.15) is 19.4 Å². The van der Waals surface area contributed by atoms with Crippen molar-refractivity contribution in [1.82, 2.24) is 15.0 Å². The molecule has 0 saturated heterocycles. The van der Waals surface area contributed by atoms with Crippen LogP contribution in [0.3, 0.4) is 0 Å². The highest BCUT2D eigenvalue weighted by molar-refractivity contribution is 5.57. The molecular formula is C13H16FN3O. The summed E-state index contributed by atoms with van der Waals surface area (Å²) in [6.45, 7) is 2.67. The topological polar surface area (TPSA) is 39.9 Å². The van der Waals surface area contributed by atoms with Gasteiger partial charge in [0.05, 0.1) is 18.8 Å². The van der Waals surface area contributed by atoms with Crippen molar-refractivity contribution in [2.45, 2.75) is 19.4 Å². The second-order valence-electron chi connectivity index (χ2n) is 4.11. The molecule has 0 fully saturated rings. The first-order chi connectivity index (χ1) is 8.74. The van der Waals surface area contributed by atoms with Crippen molar-refractivity contribution in [3.8, 4) is 11.3 Å². The van der Waals surface area contributed by atoms with Crippen molar-refractivity contribution in [2.24, 2.45) is 0 Å². The Morgan fingerprint density at radius 2 is 2.06 bits per heavy atom. The largest absolute Gasteiger partial charge is 0.382 e. The molecule has 2 aromatic rings. The second kappa shape index (κ2) is 5.73. The minimum Gasteiger partial charge on any atom is -0.382 e. The fourth-order valence-electron chi connectivity index (χ4n) is 1.78. The zero-order valence-electron chi connectivity index (χ0n) is 10.5. The van der Waals surface area contributed by atoms with Gasteiger partial charge in [-0.2, -0.15) is 0 Å². The lowest BCUT2D eigenvalue weighted by molar-refractivity contribution is 0.146. The molecule has 0 aliphatic rings. The molecule has 1 atom stereocenters. The Bertz CT molecular complexity index is 495. The van der Waals surface area contributed by atoms with E-state index in [0.29, 0.717) is 6.61 Å². The van der Waals surface area contributed by atoms with Crippen LogP contribution in [0.15, 0.2) is 30.5 Å². The summed E-state index contributed by atoms with van der Waals surface area (Å²) in [6, 6.07) is 6.40. The smallest absolute Gasteiger partial charge is 0.123 e. The van der Waals surface area contributed by atoms with Crippen LogP contribution in [0.5, 0.6) is 0 Å². The van der Waals surface area contributed by atoms with Gasteiger partial charge in [0.25, 0.3) is 0 Å². The lowest BCUT2D eigenvalue weighted by Gasteiger charge is -2.12. The standard InChI is InChI=1S/C13H16FN3O/c1-3-12(9-18-2)17-8-13(15-16-17)10-4-6-11(14)7-5-10/h4-8,12H,3,9H2,1-2H3. The molecular weight excluding hydrogens is 233 g/mol. The molecule has 0 radical (unpaired) electrons. The van der Waals surface area contributed by atoms with Crippen LogP contribution < -0.4 is 0 Å². The molecule has 0 amide bonds. The van der Waals surface area contributed by atoms with Crippen molar-refractivity contribution in [3.63, 3.8) is 0 Å². The number of hydrogen-bond donors (Lipinski definition) is 0. The van der Waals surface area contributed by atoms with Crippen LogP contribution in [-0.4, -0.2) is 28.7 Å². The maximum atomic E-state index is 12.8. The summed E-state index contributed by atoms with van der Waals surface area (Å²) < 4.78 is 19.8. The molecule has 96 valence electrons. The zero-order valence-corrected chi connectivity index (χ0v) is 10.5. The first-order valence-electron chi connectivity index (χ1n) is 5.91. The summed E-state index contributed by atoms with van der Waals surface area (Å²) in [5.74, 6) is -0.253. The van der Waals surface area contributed by atoms with E-state index in [9.17, 15) is 4.39 Å². The number of methoxy groups -OCH3 is 1. The summed E-state index contributed by atoms with van der Waals surface area (Å²) >= 11 is 0. The predicted octanol–water partition coefficient (Wildman–Crippen LogP) is 2.68. The molecule has 1 aromatic heterocycles. The Morgan fingerprint density at radius 1 is 1.33 bits per heavy atom. The maximum absolute atomic E-state index is 12.8. The van der Waals surface area contributed by atoms with Crippen LogP contribution >= 0.6 is 0 Å². The maximum Gasteiger partial charge on any atom is 0.123 e. The average molecular weight is 249 g/mol. The molecule has 2 rings (SSSR count). The minimum atomic E-state index is -0.253. The van der Waals surface area contributed by atoms with Crippen molar-refractivity contribution >= 4 is 0 Å². The summed E-state index contributed by atoms with van der Waals surface area (Å²) in [5, 5.41) is 8.20. The molecule has 1 heterocycles. The van der Waals surface area contributed by atoms with Crippen LogP contribution in [0.2, 0.25) is 0 Å². The van der Waals surface area contributed by atoms with E-state index in [4.69, 9.17) is 4.74 Å². The Balaban J connectivity index is 2.21. The molecule has 4 nitrogen and oxygen atoms in total. The van der Waals surface area contributed by atoms with Gasteiger partial charge < -0.3 is 4.74 Å². The quantitative estimate of drug-likeness (QED) is 0.818. The van der Waals surface area contributed by atoms with Crippen LogP contribution in [0.4, 0.5) is 4.39 Å². The molecule has 0 spiro atoms. The van der Waals surface area contributed by atoms with Crippen molar-refractivity contribution in [1.29, 1.82) is 0 Å². The number of nitrogens with zero attached hydrogens (tertiary/aromatic N) is 3. The summed E-state index contributed by atoms with van der Waals surface area (Å²) in [7, 11) is 1.67. The van der Waals surface area contributed by atoms with E-state index in [1.54, 1.807) is 23.9 Å². The zero-order chi connectivity index (χ0) is 13.0. The monoisotopic (exact) mass is 249 g/mol. The van der Waals surface area contributed by atoms with E-state index < -0.39 is 0 Å². The Kier molecular flexibility index (Phi) is 4.04. The van der Waals surface area contributed by atoms with Gasteiger partial charge in [-0.25, -0.2) is 9.07 Å². The van der Waals surface area contributed by atoms with Gasteiger partial charge in [-0.1, -0.05) is 12.1 Å². The van der Waals surface area contributed by atoms with Gasteiger partial charge in [-0.3, -0.25) is 0 Å². The first-order valence-corrected chi connectivity index (χ1v) is 5.91. The number of aromatic nitrogens is 3. The Labute approximate surface area is 105 Å². The molecule has 1 unspecified atom stereocenters. The van der Waals surface area contributed by atoms with Gasteiger partial charge in [-0.05, 0) is 30.7 Å². The van der Waals surface area contributed by atoms with Gasteiger partial charge in [0.1, 0.15) is 11.5 Å². The molecule has 18 heavy (non-hydrogen) atoms. The van der Waals surface area contributed by atoms with Crippen LogP contribution in [0, 0.1) is 5.82 Å². The average Bonchev–Trinajstić information content (AvgIpc) is 2.86. The van der Waals surface area contributed by atoms with Crippen molar-refractivity contribution in [2.75, 3.05) is 13.7 Å². The lowest BCUT2D eigenvalue weighted by atomic mass is 10.1. The Morgan fingerprint density at radius 3 is 2.67 bits per heavy atom. The van der Waals surface area contributed by atoms with Crippen molar-refractivity contribution in [3.05, 3.63) is 36.3 Å². The highest BCUT2D eigenvalue weighted by Crippen LogP contribution is 2.19. The fourth-order valence-corrected chi connectivity index (χ4v) is 1.78. The third-order valence-corrected chi connectivity index (χ3v) is 2.85. The van der Waals surface area contributed by atoms with Crippen LogP contribution in [-0.2, 0) is 4.74 Å². The predicted molar refractivity (Wildman–Crippen MR) is 66.6 cm³/mol. The number of benzene rings is 1. The summed E-state index contributed by atoms with van der Waals surface area (Å²) in [5.41, 5.74) is 1.60. The van der Waals surface area contributed by atoms with E-state index in [1.807, 2.05) is 6.20 Å². The van der Waals surface area contributed by atoms with E-state index in [-0.39, 0.29) is 11.9 Å². The molecule has 0 aliphatic carbocycles. The van der Waals surface area contributed by atoms with E-state index in [1.165, 1.54) is 12.1 Å². The number of hydrogen-bond acceptors (Lipinski definition) is 3. The molecule has 0 bridgehead atoms. The molecule has 0 saturated carbocycles. The third-order valence-electron chi connectivity index (χ3n) is 2.85. The molecule has 1 aromatic carbocycles. The number of halogens is 1. The molecule has 5 heteroatoms. The third kappa shape index (κ3) is 2.73. The van der Waals surface area contributed by atoms with Gasteiger partial charge in [0, 0.05) is 12.7 Å². The van der Waals surface area contributed by atoms with E-state index in [2.05, 4.69) is 17.2 Å². The summed E-state index contributed by atoms with van der Waals surface area (Å²) in [4.78, 5) is 0. The van der Waals surface area contributed by atoms with Gasteiger partial charge in [0.2, 0.25) is 0 Å². The van der Waals surface area contributed by atoms with Crippen LogP contribution in [0.25, 0.3) is 11.3 Å². The molecule has 0 N–H and O–H groups in total. The normalized spacial score (nSPS) is 12.6. The fraction of sp³-hybridized carbons (Fsp3) is 0.385. The second-order valence-corrected chi connectivity index (χ2v) is 4.11. The molecule has 0 aliphatic heterocycles. The summed E-state index contributed by atoms with van der Waals surface area (Å²) in [6.07, 6.45) is 2.78. The highest BCUT2D eigenvalue weighted by Gasteiger charge is 2.11. The first kappa shape index (κ1) is 12.7. The van der Waals surface area contributed by atoms with E-state index >= 15 is 0 Å². The lowest BCUT2D eigenvalue weighted by Crippen LogP contribution is -2.14.